The minimum Gasteiger partial charge on any atom is -0.493 e. The highest BCUT2D eigenvalue weighted by molar-refractivity contribution is 5.97. The summed E-state index contributed by atoms with van der Waals surface area (Å²) in [4.78, 5) is 15.8. The number of ether oxygens (including phenoxy) is 1. The Morgan fingerprint density at radius 1 is 1.14 bits per heavy atom. The standard InChI is InChI=1S/C24H30N2O2/c1-3-28-21-12-8-7-11-20(21)23(27)25-22(19-9-5-4-6-10-19)24-15-13-18(14-16-24)17-26(24)2/h4-12,18,22H,3,13-17H2,1-2H3,(H,25,27). The highest BCUT2D eigenvalue weighted by atomic mass is 16.5. The van der Waals surface area contributed by atoms with Gasteiger partial charge in [-0.2, -0.15) is 0 Å². The van der Waals surface area contributed by atoms with Crippen molar-refractivity contribution < 1.29 is 9.53 Å². The van der Waals surface area contributed by atoms with Gasteiger partial charge in [0.05, 0.1) is 18.2 Å². The molecule has 2 heterocycles. The van der Waals surface area contributed by atoms with Crippen LogP contribution in [0.25, 0.3) is 0 Å². The van der Waals surface area contributed by atoms with Gasteiger partial charge in [-0.1, -0.05) is 42.5 Å². The molecule has 2 aromatic carbocycles. The summed E-state index contributed by atoms with van der Waals surface area (Å²) >= 11 is 0. The van der Waals surface area contributed by atoms with E-state index in [-0.39, 0.29) is 17.5 Å². The number of para-hydroxylation sites is 1. The third-order valence-corrected chi connectivity index (χ3v) is 6.64. The molecule has 1 saturated carbocycles. The Balaban J connectivity index is 1.68. The lowest BCUT2D eigenvalue weighted by Gasteiger charge is -2.57. The Bertz CT molecular complexity index is 812. The number of carbonyl (C=O) groups excluding carboxylic acids is 1. The molecule has 4 heteroatoms. The Labute approximate surface area is 167 Å². The van der Waals surface area contributed by atoms with Crippen LogP contribution in [-0.4, -0.2) is 36.5 Å². The molecule has 1 unspecified atom stereocenters. The molecule has 5 rings (SSSR count). The molecule has 0 spiro atoms. The number of nitrogens with zero attached hydrogens (tertiary/aromatic N) is 1. The van der Waals surface area contributed by atoms with Gasteiger partial charge in [-0.25, -0.2) is 0 Å². The van der Waals surface area contributed by atoms with E-state index in [9.17, 15) is 4.79 Å². The molecule has 148 valence electrons. The van der Waals surface area contributed by atoms with E-state index < -0.39 is 0 Å². The van der Waals surface area contributed by atoms with Gasteiger partial charge in [0.2, 0.25) is 0 Å². The zero-order valence-corrected chi connectivity index (χ0v) is 16.9. The van der Waals surface area contributed by atoms with E-state index in [1.807, 2.05) is 37.3 Å². The molecule has 1 aliphatic carbocycles. The summed E-state index contributed by atoms with van der Waals surface area (Å²) in [7, 11) is 2.22. The van der Waals surface area contributed by atoms with Crippen molar-refractivity contribution in [3.8, 4) is 5.75 Å². The SMILES string of the molecule is CCOc1ccccc1C(=O)NC(c1ccccc1)C12CCC(CC1)CN2C. The van der Waals surface area contributed by atoms with Crippen LogP contribution in [0.2, 0.25) is 0 Å². The highest BCUT2D eigenvalue weighted by Crippen LogP contribution is 2.49. The number of piperidine rings is 2. The minimum atomic E-state index is -0.0617. The number of carbonyl (C=O) groups is 1. The van der Waals surface area contributed by atoms with Gasteiger partial charge in [0.25, 0.3) is 5.91 Å². The van der Waals surface area contributed by atoms with E-state index in [1.54, 1.807) is 0 Å². The molecule has 0 radical (unpaired) electrons. The monoisotopic (exact) mass is 378 g/mol. The van der Waals surface area contributed by atoms with Crippen molar-refractivity contribution in [1.82, 2.24) is 10.2 Å². The number of hydrogen-bond acceptors (Lipinski definition) is 3. The first-order valence-corrected chi connectivity index (χ1v) is 10.4. The maximum absolute atomic E-state index is 13.3. The first kappa shape index (κ1) is 19.0. The molecule has 0 aromatic heterocycles. The number of benzene rings is 2. The molecule has 3 fully saturated rings. The van der Waals surface area contributed by atoms with Crippen LogP contribution in [0.1, 0.15) is 54.6 Å². The molecule has 1 amide bonds. The lowest BCUT2D eigenvalue weighted by Crippen LogP contribution is -2.62. The highest BCUT2D eigenvalue weighted by Gasteiger charge is 2.50. The van der Waals surface area contributed by atoms with Crippen LogP contribution in [0.15, 0.2) is 54.6 Å². The van der Waals surface area contributed by atoms with Gasteiger partial charge in [0.15, 0.2) is 0 Å². The summed E-state index contributed by atoms with van der Waals surface area (Å²) in [5, 5.41) is 3.40. The van der Waals surface area contributed by atoms with E-state index in [2.05, 4.69) is 41.5 Å². The first-order chi connectivity index (χ1) is 13.6. The molecule has 2 bridgehead atoms. The quantitative estimate of drug-likeness (QED) is 0.808. The van der Waals surface area contributed by atoms with Crippen molar-refractivity contribution in [2.75, 3.05) is 20.2 Å². The van der Waals surface area contributed by atoms with E-state index in [0.29, 0.717) is 17.9 Å². The van der Waals surface area contributed by atoms with Gasteiger partial charge < -0.3 is 10.1 Å². The Morgan fingerprint density at radius 2 is 1.82 bits per heavy atom. The predicted octanol–water partition coefficient (Wildman–Crippen LogP) is 4.43. The van der Waals surface area contributed by atoms with Crippen molar-refractivity contribution >= 4 is 5.91 Å². The Hall–Kier alpha value is -2.33. The molecular weight excluding hydrogens is 348 g/mol. The molecule has 2 saturated heterocycles. The summed E-state index contributed by atoms with van der Waals surface area (Å²) in [6.07, 6.45) is 4.75. The number of fused-ring (bicyclic) bond motifs is 3. The second kappa shape index (κ2) is 7.96. The number of hydrogen-bond donors (Lipinski definition) is 1. The van der Waals surface area contributed by atoms with Crippen LogP contribution in [0.4, 0.5) is 0 Å². The molecule has 2 aromatic rings. The number of rotatable bonds is 6. The summed E-state index contributed by atoms with van der Waals surface area (Å²) < 4.78 is 5.70. The molecule has 28 heavy (non-hydrogen) atoms. The number of amides is 1. The fourth-order valence-corrected chi connectivity index (χ4v) is 5.14. The fourth-order valence-electron chi connectivity index (χ4n) is 5.14. The fraction of sp³-hybridized carbons (Fsp3) is 0.458. The summed E-state index contributed by atoms with van der Waals surface area (Å²) in [6.45, 7) is 3.60. The maximum Gasteiger partial charge on any atom is 0.255 e. The van der Waals surface area contributed by atoms with Gasteiger partial charge in [-0.15, -0.1) is 0 Å². The molecule has 1 atom stereocenters. The molecule has 2 aliphatic heterocycles. The smallest absolute Gasteiger partial charge is 0.255 e. The lowest BCUT2D eigenvalue weighted by atomic mass is 9.66. The molecule has 3 aliphatic rings. The average Bonchev–Trinajstić information content (AvgIpc) is 2.74. The van der Waals surface area contributed by atoms with Crippen LogP contribution in [0.5, 0.6) is 5.75 Å². The lowest BCUT2D eigenvalue weighted by molar-refractivity contribution is -0.0404. The topological polar surface area (TPSA) is 41.6 Å². The van der Waals surface area contributed by atoms with Crippen LogP contribution in [-0.2, 0) is 0 Å². The average molecular weight is 379 g/mol. The van der Waals surface area contributed by atoms with Crippen LogP contribution >= 0.6 is 0 Å². The number of nitrogens with one attached hydrogen (secondary N) is 1. The zero-order valence-electron chi connectivity index (χ0n) is 16.9. The second-order valence-corrected chi connectivity index (χ2v) is 8.17. The van der Waals surface area contributed by atoms with Crippen molar-refractivity contribution in [1.29, 1.82) is 0 Å². The zero-order chi connectivity index (χ0) is 19.6. The van der Waals surface area contributed by atoms with E-state index in [0.717, 1.165) is 25.3 Å². The van der Waals surface area contributed by atoms with Gasteiger partial charge in [0.1, 0.15) is 5.75 Å². The van der Waals surface area contributed by atoms with Crippen molar-refractivity contribution in [3.05, 3.63) is 65.7 Å². The minimum absolute atomic E-state index is 0.0215. The van der Waals surface area contributed by atoms with E-state index >= 15 is 0 Å². The largest absolute Gasteiger partial charge is 0.493 e. The van der Waals surface area contributed by atoms with Crippen LogP contribution in [0.3, 0.4) is 0 Å². The van der Waals surface area contributed by atoms with Crippen LogP contribution in [0, 0.1) is 5.92 Å². The van der Waals surface area contributed by atoms with Gasteiger partial charge in [-0.3, -0.25) is 9.69 Å². The Morgan fingerprint density at radius 3 is 2.50 bits per heavy atom. The van der Waals surface area contributed by atoms with E-state index in [1.165, 1.54) is 18.4 Å². The Kier molecular flexibility index (Phi) is 5.40. The van der Waals surface area contributed by atoms with Crippen LogP contribution < -0.4 is 10.1 Å². The van der Waals surface area contributed by atoms with Crippen molar-refractivity contribution in [2.45, 2.75) is 44.2 Å². The molecule has 1 N–H and O–H groups in total. The summed E-state index contributed by atoms with van der Waals surface area (Å²) in [5.41, 5.74) is 1.76. The second-order valence-electron chi connectivity index (χ2n) is 8.17. The summed E-state index contributed by atoms with van der Waals surface area (Å²) in [5.74, 6) is 1.39. The maximum atomic E-state index is 13.3. The van der Waals surface area contributed by atoms with Crippen molar-refractivity contribution in [2.24, 2.45) is 5.92 Å². The summed E-state index contributed by atoms with van der Waals surface area (Å²) in [6, 6.07) is 17.9. The number of likely N-dealkylation sites (N-methyl/N-ethyl adjacent to an activating group) is 1. The predicted molar refractivity (Wildman–Crippen MR) is 112 cm³/mol. The normalized spacial score (nSPS) is 25.3. The molecule has 4 nitrogen and oxygen atoms in total. The van der Waals surface area contributed by atoms with E-state index in [4.69, 9.17) is 4.74 Å². The first-order valence-electron chi connectivity index (χ1n) is 10.4. The molecular formula is C24H30N2O2. The third-order valence-electron chi connectivity index (χ3n) is 6.64. The van der Waals surface area contributed by atoms with Crippen molar-refractivity contribution in [3.63, 3.8) is 0 Å². The van der Waals surface area contributed by atoms with Gasteiger partial charge in [-0.05, 0) is 63.3 Å². The van der Waals surface area contributed by atoms with Gasteiger partial charge in [0, 0.05) is 12.1 Å². The van der Waals surface area contributed by atoms with Gasteiger partial charge >= 0.3 is 0 Å². The third kappa shape index (κ3) is 3.42.